The van der Waals surface area contributed by atoms with Gasteiger partial charge in [0.15, 0.2) is 0 Å². The number of hydrogen-bond donors (Lipinski definition) is 1. The van der Waals surface area contributed by atoms with E-state index in [1.165, 1.54) is 0 Å². The average Bonchev–Trinajstić information content (AvgIpc) is 2.27. The van der Waals surface area contributed by atoms with Crippen molar-refractivity contribution in [2.24, 2.45) is 10.7 Å². The van der Waals surface area contributed by atoms with Crippen LogP contribution in [0, 0.1) is 0 Å². The molecule has 1 aliphatic rings. The van der Waals surface area contributed by atoms with E-state index >= 15 is 0 Å². The lowest BCUT2D eigenvalue weighted by Crippen LogP contribution is -2.24. The summed E-state index contributed by atoms with van der Waals surface area (Å²) < 4.78 is 5.64. The van der Waals surface area contributed by atoms with E-state index in [0.717, 1.165) is 5.56 Å². The summed E-state index contributed by atoms with van der Waals surface area (Å²) in [5, 5.41) is 0.591. The monoisotopic (exact) mass is 264 g/mol. The first kappa shape index (κ1) is 12.6. The summed E-state index contributed by atoms with van der Waals surface area (Å²) in [5.74, 6) is 0.551. The first-order valence-corrected chi connectivity index (χ1v) is 5.88. The SMILES string of the molecule is CC(N)=NC(=O)C1=Cc2cc(Cl)ccc2OC1C. The van der Waals surface area contributed by atoms with Crippen molar-refractivity contribution in [1.82, 2.24) is 0 Å². The third-order valence-corrected chi connectivity index (χ3v) is 2.78. The molecule has 0 bridgehead atoms. The Bertz CT molecular complexity index is 560. The molecule has 1 heterocycles. The van der Waals surface area contributed by atoms with Crippen LogP contribution in [0.1, 0.15) is 19.4 Å². The van der Waals surface area contributed by atoms with Crippen molar-refractivity contribution in [3.8, 4) is 5.75 Å². The molecule has 0 spiro atoms. The Morgan fingerprint density at radius 3 is 2.89 bits per heavy atom. The molecule has 2 rings (SSSR count). The fourth-order valence-electron chi connectivity index (χ4n) is 1.74. The molecule has 5 heteroatoms. The van der Waals surface area contributed by atoms with Gasteiger partial charge >= 0.3 is 0 Å². The number of carbonyl (C=O) groups is 1. The number of halogens is 1. The summed E-state index contributed by atoms with van der Waals surface area (Å²) in [5.41, 5.74) is 6.64. The van der Waals surface area contributed by atoms with Gasteiger partial charge in [-0.2, -0.15) is 4.99 Å². The number of hydrogen-bond acceptors (Lipinski definition) is 2. The molecule has 1 unspecified atom stereocenters. The van der Waals surface area contributed by atoms with E-state index in [1.807, 2.05) is 0 Å². The minimum Gasteiger partial charge on any atom is -0.485 e. The number of aliphatic imine (C=N–C) groups is 1. The van der Waals surface area contributed by atoms with Crippen molar-refractivity contribution < 1.29 is 9.53 Å². The number of ether oxygens (including phenoxy) is 1. The number of nitrogens with two attached hydrogens (primary N) is 1. The molecule has 0 aliphatic carbocycles. The predicted octanol–water partition coefficient (Wildman–Crippen LogP) is 2.41. The zero-order valence-electron chi connectivity index (χ0n) is 10.1. The van der Waals surface area contributed by atoms with Crippen molar-refractivity contribution in [3.63, 3.8) is 0 Å². The number of carbonyl (C=O) groups excluding carboxylic acids is 1. The van der Waals surface area contributed by atoms with E-state index in [9.17, 15) is 4.79 Å². The van der Waals surface area contributed by atoms with E-state index in [-0.39, 0.29) is 17.8 Å². The number of rotatable bonds is 1. The molecular weight excluding hydrogens is 252 g/mol. The lowest BCUT2D eigenvalue weighted by Gasteiger charge is -2.22. The molecule has 1 atom stereocenters. The highest BCUT2D eigenvalue weighted by atomic mass is 35.5. The first-order chi connectivity index (χ1) is 8.47. The van der Waals surface area contributed by atoms with Gasteiger partial charge in [0.25, 0.3) is 5.91 Å². The van der Waals surface area contributed by atoms with Gasteiger partial charge in [-0.1, -0.05) is 11.6 Å². The maximum Gasteiger partial charge on any atom is 0.278 e. The fraction of sp³-hybridized carbons (Fsp3) is 0.231. The molecule has 1 aromatic rings. The summed E-state index contributed by atoms with van der Waals surface area (Å²) in [4.78, 5) is 15.6. The molecule has 0 fully saturated rings. The molecule has 1 aromatic carbocycles. The summed E-state index contributed by atoms with van der Waals surface area (Å²) >= 11 is 5.91. The van der Waals surface area contributed by atoms with Crippen molar-refractivity contribution in [2.45, 2.75) is 20.0 Å². The Morgan fingerprint density at radius 1 is 1.50 bits per heavy atom. The summed E-state index contributed by atoms with van der Waals surface area (Å²) in [6.45, 7) is 3.36. The van der Waals surface area contributed by atoms with Gasteiger partial charge in [-0.3, -0.25) is 4.79 Å². The predicted molar refractivity (Wildman–Crippen MR) is 71.8 cm³/mol. The van der Waals surface area contributed by atoms with E-state index in [2.05, 4.69) is 4.99 Å². The first-order valence-electron chi connectivity index (χ1n) is 5.50. The van der Waals surface area contributed by atoms with Crippen LogP contribution in [0.25, 0.3) is 6.08 Å². The Balaban J connectivity index is 2.43. The van der Waals surface area contributed by atoms with Crippen molar-refractivity contribution in [2.75, 3.05) is 0 Å². The third kappa shape index (κ3) is 2.54. The van der Waals surface area contributed by atoms with Crippen LogP contribution in [0.5, 0.6) is 5.75 Å². The van der Waals surface area contributed by atoms with Crippen molar-refractivity contribution in [1.29, 1.82) is 0 Å². The molecular formula is C13H13ClN2O2. The molecule has 0 saturated carbocycles. The van der Waals surface area contributed by atoms with E-state index < -0.39 is 0 Å². The van der Waals surface area contributed by atoms with E-state index in [0.29, 0.717) is 16.3 Å². The lowest BCUT2D eigenvalue weighted by atomic mass is 10.0. The second kappa shape index (κ2) is 4.82. The van der Waals surface area contributed by atoms with Crippen LogP contribution in [-0.4, -0.2) is 17.8 Å². The van der Waals surface area contributed by atoms with Gasteiger partial charge in [0.05, 0.1) is 5.57 Å². The van der Waals surface area contributed by atoms with Gasteiger partial charge in [0.2, 0.25) is 0 Å². The van der Waals surface area contributed by atoms with Crippen molar-refractivity contribution in [3.05, 3.63) is 34.4 Å². The lowest BCUT2D eigenvalue weighted by molar-refractivity contribution is -0.115. The molecule has 0 saturated heterocycles. The smallest absolute Gasteiger partial charge is 0.278 e. The molecule has 1 aliphatic heterocycles. The standard InChI is InChI=1S/C13H13ClN2O2/c1-7-11(13(17)16-8(2)15)6-9-5-10(14)3-4-12(9)18-7/h3-7H,1-2H3,(H2,15,16,17). The minimum atomic E-state index is -0.381. The second-order valence-electron chi connectivity index (χ2n) is 4.10. The summed E-state index contributed by atoms with van der Waals surface area (Å²) in [6, 6.07) is 5.27. The van der Waals surface area contributed by atoms with Gasteiger partial charge in [-0.05, 0) is 38.1 Å². The van der Waals surface area contributed by atoms with Crippen molar-refractivity contribution >= 4 is 29.4 Å². The van der Waals surface area contributed by atoms with Crippen LogP contribution >= 0.6 is 11.6 Å². The largest absolute Gasteiger partial charge is 0.485 e. The Hall–Kier alpha value is -1.81. The zero-order chi connectivity index (χ0) is 13.3. The van der Waals surface area contributed by atoms with Crippen LogP contribution in [0.15, 0.2) is 28.8 Å². The molecule has 0 aromatic heterocycles. The third-order valence-electron chi connectivity index (χ3n) is 2.55. The number of benzene rings is 1. The zero-order valence-corrected chi connectivity index (χ0v) is 10.9. The highest BCUT2D eigenvalue weighted by molar-refractivity contribution is 6.30. The van der Waals surface area contributed by atoms with E-state index in [4.69, 9.17) is 22.1 Å². The normalized spacial score (nSPS) is 18.7. The minimum absolute atomic E-state index is 0.227. The summed E-state index contributed by atoms with van der Waals surface area (Å²) in [6.07, 6.45) is 1.39. The molecule has 1 amide bonds. The number of amidine groups is 1. The molecule has 18 heavy (non-hydrogen) atoms. The Kier molecular flexibility index (Phi) is 3.39. The van der Waals surface area contributed by atoms with Gasteiger partial charge in [-0.25, -0.2) is 0 Å². The Morgan fingerprint density at radius 2 is 2.22 bits per heavy atom. The second-order valence-corrected chi connectivity index (χ2v) is 4.54. The number of amides is 1. The summed E-state index contributed by atoms with van der Waals surface area (Å²) in [7, 11) is 0. The topological polar surface area (TPSA) is 64.7 Å². The molecule has 4 nitrogen and oxygen atoms in total. The quantitative estimate of drug-likeness (QED) is 0.626. The maximum absolute atomic E-state index is 11.9. The molecule has 2 N–H and O–H groups in total. The van der Waals surface area contributed by atoms with Crippen LogP contribution in [0.2, 0.25) is 5.02 Å². The molecule has 94 valence electrons. The van der Waals surface area contributed by atoms with Gasteiger partial charge in [0, 0.05) is 10.6 Å². The highest BCUT2D eigenvalue weighted by Crippen LogP contribution is 2.32. The van der Waals surface area contributed by atoms with Gasteiger partial charge in [-0.15, -0.1) is 0 Å². The van der Waals surface area contributed by atoms with Gasteiger partial charge in [0.1, 0.15) is 17.7 Å². The highest BCUT2D eigenvalue weighted by Gasteiger charge is 2.24. The fourth-order valence-corrected chi connectivity index (χ4v) is 1.92. The van der Waals surface area contributed by atoms with E-state index in [1.54, 1.807) is 38.1 Å². The van der Waals surface area contributed by atoms with Crippen LogP contribution in [0.4, 0.5) is 0 Å². The van der Waals surface area contributed by atoms with Crippen LogP contribution in [-0.2, 0) is 4.79 Å². The number of fused-ring (bicyclic) bond motifs is 1. The van der Waals surface area contributed by atoms with Crippen LogP contribution in [0.3, 0.4) is 0 Å². The van der Waals surface area contributed by atoms with Crippen LogP contribution < -0.4 is 10.5 Å². The molecule has 0 radical (unpaired) electrons. The Labute approximate surface area is 110 Å². The van der Waals surface area contributed by atoms with Gasteiger partial charge < -0.3 is 10.5 Å². The average molecular weight is 265 g/mol. The number of nitrogens with zero attached hydrogens (tertiary/aromatic N) is 1. The maximum atomic E-state index is 11.9.